The van der Waals surface area contributed by atoms with Gasteiger partial charge in [-0.1, -0.05) is 0 Å². The van der Waals surface area contributed by atoms with Gasteiger partial charge in [-0.25, -0.2) is 4.98 Å². The molecule has 4 heteroatoms. The molecule has 0 amide bonds. The predicted octanol–water partition coefficient (Wildman–Crippen LogP) is 2.27. The van der Waals surface area contributed by atoms with E-state index in [4.69, 9.17) is 4.74 Å². The van der Waals surface area contributed by atoms with Gasteiger partial charge in [0.1, 0.15) is 11.9 Å². The van der Waals surface area contributed by atoms with E-state index in [1.54, 1.807) is 7.11 Å². The number of aromatic nitrogens is 1. The highest BCUT2D eigenvalue weighted by Gasteiger charge is 2.32. The second-order valence-electron chi connectivity index (χ2n) is 5.11. The van der Waals surface area contributed by atoms with Gasteiger partial charge in [0, 0.05) is 25.9 Å². The molecule has 0 N–H and O–H groups in total. The second kappa shape index (κ2) is 4.95. The third-order valence-electron chi connectivity index (χ3n) is 3.59. The van der Waals surface area contributed by atoms with Crippen molar-refractivity contribution >= 4 is 5.82 Å². The van der Waals surface area contributed by atoms with Crippen LogP contribution >= 0.6 is 0 Å². The summed E-state index contributed by atoms with van der Waals surface area (Å²) in [5, 5.41) is 9.18. The minimum Gasteiger partial charge on any atom is -0.377 e. The number of hydrogen-bond donors (Lipinski definition) is 0. The van der Waals surface area contributed by atoms with Gasteiger partial charge >= 0.3 is 0 Å². The summed E-state index contributed by atoms with van der Waals surface area (Å²) in [6, 6.07) is 5.94. The smallest absolute Gasteiger partial charge is 0.146 e. The molecule has 1 atom stereocenters. The maximum atomic E-state index is 9.18. The molecule has 1 unspecified atom stereocenters. The Bertz CT molecular complexity index is 480. The first kappa shape index (κ1) is 12.8. The Hall–Kier alpha value is -1.60. The van der Waals surface area contributed by atoms with Gasteiger partial charge in [-0.2, -0.15) is 5.26 Å². The molecule has 0 saturated carbocycles. The molecular weight excluding hydrogens is 226 g/mol. The molecule has 1 aromatic heterocycles. The Labute approximate surface area is 108 Å². The minimum atomic E-state index is -0.142. The summed E-state index contributed by atoms with van der Waals surface area (Å²) in [5.74, 6) is 0.792. The van der Waals surface area contributed by atoms with E-state index in [1.165, 1.54) is 0 Å². The van der Waals surface area contributed by atoms with Gasteiger partial charge in [-0.05, 0) is 38.8 Å². The highest BCUT2D eigenvalue weighted by Crippen LogP contribution is 2.28. The molecule has 1 aliphatic rings. The van der Waals surface area contributed by atoms with E-state index in [9.17, 15) is 5.26 Å². The lowest BCUT2D eigenvalue weighted by Crippen LogP contribution is -2.48. The van der Waals surface area contributed by atoms with Gasteiger partial charge in [0.2, 0.25) is 0 Å². The number of pyridine rings is 1. The molecule has 1 fully saturated rings. The highest BCUT2D eigenvalue weighted by molar-refractivity contribution is 5.54. The maximum Gasteiger partial charge on any atom is 0.146 e. The zero-order valence-electron chi connectivity index (χ0n) is 11.2. The number of ether oxygens (including phenoxy) is 1. The third kappa shape index (κ3) is 2.46. The molecular formula is C14H19N3O. The predicted molar refractivity (Wildman–Crippen MR) is 70.6 cm³/mol. The van der Waals surface area contributed by atoms with Crippen molar-refractivity contribution in [3.8, 4) is 6.07 Å². The fourth-order valence-electron chi connectivity index (χ4n) is 2.42. The van der Waals surface area contributed by atoms with Gasteiger partial charge in [0.05, 0.1) is 11.2 Å². The van der Waals surface area contributed by atoms with Crippen LogP contribution in [0.3, 0.4) is 0 Å². The fourth-order valence-corrected chi connectivity index (χ4v) is 2.42. The SMILES string of the molecule is COC1(C)CCCN(c2nc(C)ccc2C#N)C1. The van der Waals surface area contributed by atoms with Gasteiger partial charge in [0.15, 0.2) is 0 Å². The van der Waals surface area contributed by atoms with Crippen molar-refractivity contribution in [2.45, 2.75) is 32.3 Å². The average Bonchev–Trinajstić information content (AvgIpc) is 2.39. The summed E-state index contributed by atoms with van der Waals surface area (Å²) in [7, 11) is 1.75. The quantitative estimate of drug-likeness (QED) is 0.802. The number of piperidine rings is 1. The van der Waals surface area contributed by atoms with Gasteiger partial charge in [-0.3, -0.25) is 0 Å². The molecule has 0 radical (unpaired) electrons. The third-order valence-corrected chi connectivity index (χ3v) is 3.59. The van der Waals surface area contributed by atoms with Crippen molar-refractivity contribution in [2.75, 3.05) is 25.1 Å². The van der Waals surface area contributed by atoms with Gasteiger partial charge < -0.3 is 9.64 Å². The van der Waals surface area contributed by atoms with Crippen LogP contribution in [0.15, 0.2) is 12.1 Å². The zero-order chi connectivity index (χ0) is 13.2. The first-order valence-corrected chi connectivity index (χ1v) is 6.26. The molecule has 4 nitrogen and oxygen atoms in total. The van der Waals surface area contributed by atoms with Crippen molar-refractivity contribution in [2.24, 2.45) is 0 Å². The molecule has 96 valence electrons. The Balaban J connectivity index is 2.31. The molecule has 0 aliphatic carbocycles. The van der Waals surface area contributed by atoms with Crippen LogP contribution < -0.4 is 4.90 Å². The maximum absolute atomic E-state index is 9.18. The number of nitriles is 1. The summed E-state index contributed by atoms with van der Waals surface area (Å²) in [6.07, 6.45) is 2.11. The van der Waals surface area contributed by atoms with Crippen LogP contribution in [0, 0.1) is 18.3 Å². The van der Waals surface area contributed by atoms with Crippen molar-refractivity contribution in [3.05, 3.63) is 23.4 Å². The van der Waals surface area contributed by atoms with E-state index in [-0.39, 0.29) is 5.60 Å². The number of aryl methyl sites for hydroxylation is 1. The first-order chi connectivity index (χ1) is 8.58. The van der Waals surface area contributed by atoms with E-state index >= 15 is 0 Å². The average molecular weight is 245 g/mol. The van der Waals surface area contributed by atoms with Crippen molar-refractivity contribution in [3.63, 3.8) is 0 Å². The Kier molecular flexibility index (Phi) is 3.53. The Morgan fingerprint density at radius 3 is 2.94 bits per heavy atom. The molecule has 18 heavy (non-hydrogen) atoms. The largest absolute Gasteiger partial charge is 0.377 e. The topological polar surface area (TPSA) is 49.1 Å². The van der Waals surface area contributed by atoms with Crippen LogP contribution in [0.4, 0.5) is 5.82 Å². The number of methoxy groups -OCH3 is 1. The lowest BCUT2D eigenvalue weighted by atomic mass is 9.94. The Morgan fingerprint density at radius 2 is 2.28 bits per heavy atom. The lowest BCUT2D eigenvalue weighted by Gasteiger charge is -2.40. The summed E-state index contributed by atoms with van der Waals surface area (Å²) in [4.78, 5) is 6.68. The first-order valence-electron chi connectivity index (χ1n) is 6.26. The van der Waals surface area contributed by atoms with E-state index in [0.717, 1.165) is 37.4 Å². The van der Waals surface area contributed by atoms with Crippen LogP contribution in [-0.2, 0) is 4.74 Å². The summed E-state index contributed by atoms with van der Waals surface area (Å²) in [6.45, 7) is 5.78. The molecule has 0 bridgehead atoms. The van der Waals surface area contributed by atoms with Crippen LogP contribution in [0.5, 0.6) is 0 Å². The lowest BCUT2D eigenvalue weighted by molar-refractivity contribution is -0.00482. The monoisotopic (exact) mass is 245 g/mol. The van der Waals surface area contributed by atoms with E-state index in [1.807, 2.05) is 19.1 Å². The van der Waals surface area contributed by atoms with Crippen LogP contribution in [0.1, 0.15) is 31.0 Å². The molecule has 0 aromatic carbocycles. The molecule has 2 heterocycles. The summed E-state index contributed by atoms with van der Waals surface area (Å²) >= 11 is 0. The Morgan fingerprint density at radius 1 is 1.50 bits per heavy atom. The standard InChI is InChI=1S/C14H19N3O/c1-11-5-6-12(9-15)13(16-11)17-8-4-7-14(2,10-17)18-3/h5-6H,4,7-8,10H2,1-3H3. The highest BCUT2D eigenvalue weighted by atomic mass is 16.5. The second-order valence-corrected chi connectivity index (χ2v) is 5.11. The van der Waals surface area contributed by atoms with E-state index in [2.05, 4.69) is 22.9 Å². The normalized spacial score (nSPS) is 23.8. The van der Waals surface area contributed by atoms with E-state index < -0.39 is 0 Å². The molecule has 1 aromatic rings. The molecule has 2 rings (SSSR count). The number of rotatable bonds is 2. The van der Waals surface area contributed by atoms with Gasteiger partial charge in [0.25, 0.3) is 0 Å². The van der Waals surface area contributed by atoms with E-state index in [0.29, 0.717) is 5.56 Å². The van der Waals surface area contributed by atoms with Crippen LogP contribution in [-0.4, -0.2) is 30.8 Å². The van der Waals surface area contributed by atoms with Crippen molar-refractivity contribution < 1.29 is 4.74 Å². The molecule has 1 saturated heterocycles. The molecule has 1 aliphatic heterocycles. The summed E-state index contributed by atoms with van der Waals surface area (Å²) in [5.41, 5.74) is 1.44. The van der Waals surface area contributed by atoms with Crippen LogP contribution in [0.25, 0.3) is 0 Å². The fraction of sp³-hybridized carbons (Fsp3) is 0.571. The summed E-state index contributed by atoms with van der Waals surface area (Å²) < 4.78 is 5.58. The van der Waals surface area contributed by atoms with Crippen LogP contribution in [0.2, 0.25) is 0 Å². The number of anilines is 1. The minimum absolute atomic E-state index is 0.142. The van der Waals surface area contributed by atoms with Crippen molar-refractivity contribution in [1.29, 1.82) is 5.26 Å². The number of hydrogen-bond acceptors (Lipinski definition) is 4. The molecule has 0 spiro atoms. The van der Waals surface area contributed by atoms with Crippen molar-refractivity contribution in [1.82, 2.24) is 4.98 Å². The van der Waals surface area contributed by atoms with Gasteiger partial charge in [-0.15, -0.1) is 0 Å². The number of nitrogens with zero attached hydrogens (tertiary/aromatic N) is 3. The zero-order valence-corrected chi connectivity index (χ0v) is 11.2.